The molecule has 1 heterocycles. The van der Waals surface area contributed by atoms with Crippen LogP contribution in [0.4, 0.5) is 0 Å². The first kappa shape index (κ1) is 18.5. The van der Waals surface area contributed by atoms with E-state index in [1.165, 1.54) is 10.6 Å². The van der Waals surface area contributed by atoms with Gasteiger partial charge in [0.05, 0.1) is 16.6 Å². The molecule has 0 saturated carbocycles. The van der Waals surface area contributed by atoms with Crippen LogP contribution in [0.5, 0.6) is 0 Å². The molecule has 128 valence electrons. The molecule has 1 N–H and O–H groups in total. The van der Waals surface area contributed by atoms with Crippen molar-refractivity contribution >= 4 is 29.1 Å². The molecule has 24 heavy (non-hydrogen) atoms. The third kappa shape index (κ3) is 4.84. The molecule has 0 aliphatic carbocycles. The minimum Gasteiger partial charge on any atom is -0.351 e. The minimum atomic E-state index is -0.370. The van der Waals surface area contributed by atoms with E-state index in [9.17, 15) is 9.59 Å². The van der Waals surface area contributed by atoms with Crippen LogP contribution in [0.25, 0.3) is 0 Å². The summed E-state index contributed by atoms with van der Waals surface area (Å²) < 4.78 is 1.47. The van der Waals surface area contributed by atoms with Gasteiger partial charge in [-0.15, -0.1) is 0 Å². The average molecular weight is 368 g/mol. The van der Waals surface area contributed by atoms with Crippen molar-refractivity contribution in [3.05, 3.63) is 68.1 Å². The number of benzene rings is 1. The topological polar surface area (TPSA) is 54.3 Å². The van der Waals surface area contributed by atoms with Crippen LogP contribution in [0.1, 0.15) is 15.9 Å². The van der Waals surface area contributed by atoms with Crippen LogP contribution in [0.2, 0.25) is 10.0 Å². The third-order valence-corrected chi connectivity index (χ3v) is 4.19. The predicted octanol–water partition coefficient (Wildman–Crippen LogP) is 2.49. The molecule has 0 atom stereocenters. The Kier molecular flexibility index (Phi) is 6.43. The molecule has 2 rings (SSSR count). The molecule has 1 amide bonds. The van der Waals surface area contributed by atoms with Gasteiger partial charge in [0.25, 0.3) is 11.5 Å². The Morgan fingerprint density at radius 2 is 1.96 bits per heavy atom. The van der Waals surface area contributed by atoms with Crippen molar-refractivity contribution in [2.24, 2.45) is 0 Å². The molecule has 2 aromatic rings. The van der Waals surface area contributed by atoms with Gasteiger partial charge in [-0.3, -0.25) is 9.59 Å². The largest absolute Gasteiger partial charge is 0.351 e. The van der Waals surface area contributed by atoms with Crippen LogP contribution in [-0.4, -0.2) is 42.6 Å². The van der Waals surface area contributed by atoms with Gasteiger partial charge in [-0.2, -0.15) is 0 Å². The van der Waals surface area contributed by atoms with Gasteiger partial charge >= 0.3 is 0 Å². The summed E-state index contributed by atoms with van der Waals surface area (Å²) in [5, 5.41) is 3.64. The molecule has 0 bridgehead atoms. The highest BCUT2D eigenvalue weighted by molar-refractivity contribution is 6.42. The number of pyridine rings is 1. The van der Waals surface area contributed by atoms with E-state index >= 15 is 0 Å². The summed E-state index contributed by atoms with van der Waals surface area (Å²) in [6.07, 6.45) is 1.64. The summed E-state index contributed by atoms with van der Waals surface area (Å²) in [5.41, 5.74) is 0.610. The van der Waals surface area contributed by atoms with Gasteiger partial charge < -0.3 is 14.8 Å². The highest BCUT2D eigenvalue weighted by atomic mass is 35.5. The molecule has 1 aromatic heterocycles. The van der Waals surface area contributed by atoms with Crippen LogP contribution < -0.4 is 10.9 Å². The number of hydrogen-bond donors (Lipinski definition) is 1. The Balaban J connectivity index is 2.16. The van der Waals surface area contributed by atoms with Crippen LogP contribution in [0.3, 0.4) is 0 Å². The summed E-state index contributed by atoms with van der Waals surface area (Å²) in [6.45, 7) is 1.50. The quantitative estimate of drug-likeness (QED) is 0.853. The second-order valence-corrected chi connectivity index (χ2v) is 6.48. The number of aromatic nitrogens is 1. The van der Waals surface area contributed by atoms with Gasteiger partial charge in [-0.25, -0.2) is 0 Å². The lowest BCUT2D eigenvalue weighted by Gasteiger charge is -2.11. The van der Waals surface area contributed by atoms with Gasteiger partial charge in [0.15, 0.2) is 0 Å². The van der Waals surface area contributed by atoms with Crippen molar-refractivity contribution < 1.29 is 4.79 Å². The fraction of sp³-hybridized carbons (Fsp3) is 0.294. The van der Waals surface area contributed by atoms with Gasteiger partial charge in [-0.05, 0) is 43.9 Å². The van der Waals surface area contributed by atoms with E-state index in [4.69, 9.17) is 23.2 Å². The zero-order valence-electron chi connectivity index (χ0n) is 13.6. The maximum absolute atomic E-state index is 12.5. The zero-order valence-corrected chi connectivity index (χ0v) is 15.1. The summed E-state index contributed by atoms with van der Waals surface area (Å²) in [7, 11) is 3.83. The molecule has 0 radical (unpaired) electrons. The van der Waals surface area contributed by atoms with E-state index < -0.39 is 0 Å². The van der Waals surface area contributed by atoms with Crippen LogP contribution in [0, 0.1) is 0 Å². The molecule has 0 spiro atoms. The second-order valence-electron chi connectivity index (χ2n) is 5.66. The summed E-state index contributed by atoms with van der Waals surface area (Å²) >= 11 is 11.9. The van der Waals surface area contributed by atoms with E-state index in [1.54, 1.807) is 30.5 Å². The molecule has 0 unspecified atom stereocenters. The van der Waals surface area contributed by atoms with E-state index in [0.717, 1.165) is 5.56 Å². The number of nitrogens with one attached hydrogen (secondary N) is 1. The maximum atomic E-state index is 12.5. The number of nitrogens with zero attached hydrogens (tertiary/aromatic N) is 2. The molecule has 0 aliphatic rings. The van der Waals surface area contributed by atoms with Crippen molar-refractivity contribution in [1.82, 2.24) is 14.8 Å². The standard InChI is InChI=1S/C17H19Cl2N3O2/c1-21(2)9-7-20-16(23)13-4-3-8-22(17(13)24)11-12-5-6-14(18)15(19)10-12/h3-6,8,10H,7,9,11H2,1-2H3,(H,20,23). The molecule has 5 nitrogen and oxygen atoms in total. The Morgan fingerprint density at radius 3 is 2.62 bits per heavy atom. The Labute approximate surface area is 150 Å². The highest BCUT2D eigenvalue weighted by Gasteiger charge is 2.12. The number of rotatable bonds is 6. The molecule has 0 saturated heterocycles. The number of likely N-dealkylation sites (N-methyl/N-ethyl adjacent to an activating group) is 1. The van der Waals surface area contributed by atoms with Crippen molar-refractivity contribution in [3.8, 4) is 0 Å². The molecular weight excluding hydrogens is 349 g/mol. The highest BCUT2D eigenvalue weighted by Crippen LogP contribution is 2.22. The van der Waals surface area contributed by atoms with Gasteiger partial charge in [0.1, 0.15) is 5.56 Å². The lowest BCUT2D eigenvalue weighted by molar-refractivity contribution is 0.0949. The van der Waals surface area contributed by atoms with Gasteiger partial charge in [0, 0.05) is 19.3 Å². The summed E-state index contributed by atoms with van der Waals surface area (Å²) in [6, 6.07) is 8.39. The SMILES string of the molecule is CN(C)CCNC(=O)c1cccn(Cc2ccc(Cl)c(Cl)c2)c1=O. The summed E-state index contributed by atoms with van der Waals surface area (Å²) in [4.78, 5) is 26.6. The first-order valence-electron chi connectivity index (χ1n) is 7.45. The third-order valence-electron chi connectivity index (χ3n) is 3.45. The first-order valence-corrected chi connectivity index (χ1v) is 8.20. The lowest BCUT2D eigenvalue weighted by atomic mass is 10.2. The van der Waals surface area contributed by atoms with Crippen LogP contribution >= 0.6 is 23.2 Å². The average Bonchev–Trinajstić information content (AvgIpc) is 2.52. The van der Waals surface area contributed by atoms with E-state index in [-0.39, 0.29) is 17.0 Å². The Hall–Kier alpha value is -1.82. The van der Waals surface area contributed by atoms with Crippen LogP contribution in [0.15, 0.2) is 41.3 Å². The second kappa shape index (κ2) is 8.33. The Morgan fingerprint density at radius 1 is 1.21 bits per heavy atom. The number of hydrogen-bond acceptors (Lipinski definition) is 3. The normalized spacial score (nSPS) is 10.9. The predicted molar refractivity (Wildman–Crippen MR) is 97.2 cm³/mol. The number of amides is 1. The zero-order chi connectivity index (χ0) is 17.7. The number of carbonyl (C=O) groups excluding carboxylic acids is 1. The fourth-order valence-corrected chi connectivity index (χ4v) is 2.48. The van der Waals surface area contributed by atoms with Crippen molar-refractivity contribution in [1.29, 1.82) is 0 Å². The van der Waals surface area contributed by atoms with E-state index in [1.807, 2.05) is 19.0 Å². The van der Waals surface area contributed by atoms with Crippen molar-refractivity contribution in [2.45, 2.75) is 6.54 Å². The van der Waals surface area contributed by atoms with E-state index in [0.29, 0.717) is 29.7 Å². The van der Waals surface area contributed by atoms with Crippen LogP contribution in [-0.2, 0) is 6.54 Å². The number of halogens is 2. The lowest BCUT2D eigenvalue weighted by Crippen LogP contribution is -2.36. The molecule has 7 heteroatoms. The summed E-state index contributed by atoms with van der Waals surface area (Å²) in [5.74, 6) is -0.370. The smallest absolute Gasteiger partial charge is 0.263 e. The van der Waals surface area contributed by atoms with Crippen molar-refractivity contribution in [2.75, 3.05) is 27.2 Å². The monoisotopic (exact) mass is 367 g/mol. The van der Waals surface area contributed by atoms with Gasteiger partial charge in [-0.1, -0.05) is 29.3 Å². The minimum absolute atomic E-state index is 0.122. The van der Waals surface area contributed by atoms with E-state index in [2.05, 4.69) is 5.32 Å². The van der Waals surface area contributed by atoms with Gasteiger partial charge in [0.2, 0.25) is 0 Å². The van der Waals surface area contributed by atoms with Crippen molar-refractivity contribution in [3.63, 3.8) is 0 Å². The molecule has 0 fully saturated rings. The molecule has 0 aliphatic heterocycles. The Bertz CT molecular complexity index is 788. The maximum Gasteiger partial charge on any atom is 0.263 e. The first-order chi connectivity index (χ1) is 11.4. The fourth-order valence-electron chi connectivity index (χ4n) is 2.16. The molecular formula is C17H19Cl2N3O2. The molecule has 1 aromatic carbocycles. The number of carbonyl (C=O) groups is 1.